The standard InChI is InChI=1S/C24H29FN6O/c25-19-8-4-5-9-20(19)28-24-29-21-14-26-23(27-17-6-2-1-3-7-17)30-22(21)31(24)18-12-10-16(15-32)11-13-18/h4-5,8-9,14-18H,1-3,6-7,10-13H2,(H,28,29)(H,26,27,30). The van der Waals surface area contributed by atoms with Gasteiger partial charge in [-0.15, -0.1) is 0 Å². The summed E-state index contributed by atoms with van der Waals surface area (Å²) in [6.45, 7) is 0. The molecule has 7 nitrogen and oxygen atoms in total. The number of nitrogens with one attached hydrogen (secondary N) is 2. The molecule has 0 aliphatic heterocycles. The van der Waals surface area contributed by atoms with Gasteiger partial charge >= 0.3 is 0 Å². The number of para-hydroxylation sites is 1. The van der Waals surface area contributed by atoms with Gasteiger partial charge in [0.25, 0.3) is 0 Å². The average molecular weight is 437 g/mol. The summed E-state index contributed by atoms with van der Waals surface area (Å²) >= 11 is 0. The largest absolute Gasteiger partial charge is 0.351 e. The Balaban J connectivity index is 1.51. The topological polar surface area (TPSA) is 84.7 Å². The average Bonchev–Trinajstić information content (AvgIpc) is 3.18. The van der Waals surface area contributed by atoms with Crippen molar-refractivity contribution in [2.75, 3.05) is 10.6 Å². The molecule has 0 bridgehead atoms. The van der Waals surface area contributed by atoms with Crippen molar-refractivity contribution in [2.24, 2.45) is 5.92 Å². The van der Waals surface area contributed by atoms with E-state index in [0.29, 0.717) is 29.1 Å². The monoisotopic (exact) mass is 436 g/mol. The van der Waals surface area contributed by atoms with E-state index in [-0.39, 0.29) is 17.8 Å². The number of anilines is 3. The summed E-state index contributed by atoms with van der Waals surface area (Å²) in [4.78, 5) is 25.3. The molecule has 2 aromatic heterocycles. The second-order valence-electron chi connectivity index (χ2n) is 9.00. The fourth-order valence-electron chi connectivity index (χ4n) is 5.00. The zero-order valence-electron chi connectivity index (χ0n) is 18.1. The van der Waals surface area contributed by atoms with Crippen LogP contribution >= 0.6 is 0 Å². The van der Waals surface area contributed by atoms with E-state index < -0.39 is 0 Å². The van der Waals surface area contributed by atoms with Crippen LogP contribution in [-0.4, -0.2) is 31.8 Å². The number of hydrogen-bond donors (Lipinski definition) is 2. The molecule has 0 saturated heterocycles. The molecule has 0 atom stereocenters. The Morgan fingerprint density at radius 2 is 1.78 bits per heavy atom. The van der Waals surface area contributed by atoms with Crippen LogP contribution in [0.4, 0.5) is 22.0 Å². The summed E-state index contributed by atoms with van der Waals surface area (Å²) in [5.74, 6) is 0.956. The Morgan fingerprint density at radius 3 is 2.53 bits per heavy atom. The molecule has 0 unspecified atom stereocenters. The van der Waals surface area contributed by atoms with Crippen molar-refractivity contribution in [1.29, 1.82) is 0 Å². The van der Waals surface area contributed by atoms with Gasteiger partial charge in [-0.05, 0) is 50.7 Å². The summed E-state index contributed by atoms with van der Waals surface area (Å²) < 4.78 is 16.4. The molecule has 168 valence electrons. The molecule has 2 heterocycles. The fourth-order valence-corrected chi connectivity index (χ4v) is 5.00. The quantitative estimate of drug-likeness (QED) is 0.505. The van der Waals surface area contributed by atoms with Crippen LogP contribution in [0.5, 0.6) is 0 Å². The first-order valence-corrected chi connectivity index (χ1v) is 11.7. The first kappa shape index (κ1) is 20.8. The number of aromatic nitrogens is 4. The summed E-state index contributed by atoms with van der Waals surface area (Å²) in [5.41, 5.74) is 1.79. The maximum Gasteiger partial charge on any atom is 0.224 e. The van der Waals surface area contributed by atoms with Gasteiger partial charge in [0.2, 0.25) is 11.9 Å². The Hall–Kier alpha value is -3.03. The maximum atomic E-state index is 14.3. The number of hydrogen-bond acceptors (Lipinski definition) is 6. The Morgan fingerprint density at radius 1 is 1.00 bits per heavy atom. The highest BCUT2D eigenvalue weighted by Crippen LogP contribution is 2.36. The van der Waals surface area contributed by atoms with Gasteiger partial charge in [-0.1, -0.05) is 31.4 Å². The molecule has 0 spiro atoms. The van der Waals surface area contributed by atoms with Crippen molar-refractivity contribution >= 4 is 35.0 Å². The number of halogens is 1. The van der Waals surface area contributed by atoms with Gasteiger partial charge in [0.05, 0.1) is 11.9 Å². The first-order chi connectivity index (χ1) is 15.7. The van der Waals surface area contributed by atoms with Gasteiger partial charge in [0.1, 0.15) is 17.6 Å². The number of carbonyl (C=O) groups is 1. The summed E-state index contributed by atoms with van der Waals surface area (Å²) in [6.07, 6.45) is 12.2. The number of rotatable bonds is 6. The minimum Gasteiger partial charge on any atom is -0.351 e. The number of imidazole rings is 1. The fraction of sp³-hybridized carbons (Fsp3) is 0.500. The van der Waals surface area contributed by atoms with Gasteiger partial charge in [-0.2, -0.15) is 4.98 Å². The third-order valence-corrected chi connectivity index (χ3v) is 6.79. The molecule has 2 aliphatic carbocycles. The molecule has 0 radical (unpaired) electrons. The number of fused-ring (bicyclic) bond motifs is 1. The third-order valence-electron chi connectivity index (χ3n) is 6.79. The SMILES string of the molecule is O=CC1CCC(n2c(Nc3ccccc3F)nc3cnc(NC4CCCCC4)nc32)CC1. The molecule has 32 heavy (non-hydrogen) atoms. The van der Waals surface area contributed by atoms with Gasteiger partial charge < -0.3 is 15.4 Å². The van der Waals surface area contributed by atoms with Crippen molar-refractivity contribution in [3.63, 3.8) is 0 Å². The lowest BCUT2D eigenvalue weighted by atomic mass is 9.87. The van der Waals surface area contributed by atoms with Crippen LogP contribution in [0.3, 0.4) is 0 Å². The van der Waals surface area contributed by atoms with Crippen LogP contribution in [0.25, 0.3) is 11.2 Å². The van der Waals surface area contributed by atoms with E-state index in [1.54, 1.807) is 24.4 Å². The van der Waals surface area contributed by atoms with Crippen molar-refractivity contribution in [3.05, 3.63) is 36.3 Å². The lowest BCUT2D eigenvalue weighted by Gasteiger charge is -2.28. The van der Waals surface area contributed by atoms with Gasteiger partial charge in [0.15, 0.2) is 5.65 Å². The molecular formula is C24H29FN6O. The second kappa shape index (κ2) is 9.22. The Bertz CT molecular complexity index is 1090. The van der Waals surface area contributed by atoms with Crippen LogP contribution in [0.1, 0.15) is 63.8 Å². The lowest BCUT2D eigenvalue weighted by Crippen LogP contribution is -2.24. The summed E-state index contributed by atoms with van der Waals surface area (Å²) in [6, 6.07) is 7.12. The summed E-state index contributed by atoms with van der Waals surface area (Å²) in [7, 11) is 0. The number of carbonyl (C=O) groups excluding carboxylic acids is 1. The van der Waals surface area contributed by atoms with E-state index in [1.807, 2.05) is 0 Å². The molecule has 2 saturated carbocycles. The van der Waals surface area contributed by atoms with E-state index in [2.05, 4.69) is 20.2 Å². The molecule has 8 heteroatoms. The van der Waals surface area contributed by atoms with E-state index in [9.17, 15) is 9.18 Å². The first-order valence-electron chi connectivity index (χ1n) is 11.7. The van der Waals surface area contributed by atoms with Crippen LogP contribution in [0.15, 0.2) is 30.5 Å². The Kier molecular flexibility index (Phi) is 6.01. The molecular weight excluding hydrogens is 407 g/mol. The highest BCUT2D eigenvalue weighted by molar-refractivity contribution is 5.76. The van der Waals surface area contributed by atoms with Crippen LogP contribution in [0, 0.1) is 11.7 Å². The zero-order valence-corrected chi connectivity index (χ0v) is 18.1. The second-order valence-corrected chi connectivity index (χ2v) is 9.00. The molecule has 2 fully saturated rings. The third kappa shape index (κ3) is 4.31. The van der Waals surface area contributed by atoms with Crippen molar-refractivity contribution in [1.82, 2.24) is 19.5 Å². The highest BCUT2D eigenvalue weighted by atomic mass is 19.1. The van der Waals surface area contributed by atoms with Crippen molar-refractivity contribution in [3.8, 4) is 0 Å². The normalized spacial score (nSPS) is 22.0. The predicted molar refractivity (Wildman–Crippen MR) is 123 cm³/mol. The summed E-state index contributed by atoms with van der Waals surface area (Å²) in [5, 5.41) is 6.67. The molecule has 2 N–H and O–H groups in total. The molecule has 3 aromatic rings. The highest BCUT2D eigenvalue weighted by Gasteiger charge is 2.27. The van der Waals surface area contributed by atoms with Crippen LogP contribution < -0.4 is 10.6 Å². The van der Waals surface area contributed by atoms with E-state index >= 15 is 0 Å². The number of aldehydes is 1. The minimum absolute atomic E-state index is 0.113. The van der Waals surface area contributed by atoms with Gasteiger partial charge in [-0.3, -0.25) is 4.57 Å². The maximum absolute atomic E-state index is 14.3. The van der Waals surface area contributed by atoms with Crippen LogP contribution in [0.2, 0.25) is 0 Å². The molecule has 0 amide bonds. The van der Waals surface area contributed by atoms with Crippen LogP contribution in [-0.2, 0) is 4.79 Å². The van der Waals surface area contributed by atoms with Gasteiger partial charge in [0, 0.05) is 18.0 Å². The number of benzene rings is 1. The minimum atomic E-state index is -0.332. The molecule has 1 aromatic carbocycles. The van der Waals surface area contributed by atoms with Crippen molar-refractivity contribution < 1.29 is 9.18 Å². The predicted octanol–water partition coefficient (Wildman–Crippen LogP) is 5.38. The lowest BCUT2D eigenvalue weighted by molar-refractivity contribution is -0.112. The molecule has 5 rings (SSSR count). The van der Waals surface area contributed by atoms with Gasteiger partial charge in [-0.25, -0.2) is 14.4 Å². The molecule has 2 aliphatic rings. The van der Waals surface area contributed by atoms with E-state index in [1.165, 1.54) is 25.3 Å². The van der Waals surface area contributed by atoms with E-state index in [4.69, 9.17) is 9.97 Å². The number of nitrogens with zero attached hydrogens (tertiary/aromatic N) is 4. The van der Waals surface area contributed by atoms with Crippen molar-refractivity contribution in [2.45, 2.75) is 69.9 Å². The zero-order chi connectivity index (χ0) is 21.9. The van der Waals surface area contributed by atoms with E-state index in [0.717, 1.165) is 50.5 Å². The Labute approximate surface area is 186 Å². The smallest absolute Gasteiger partial charge is 0.224 e.